The van der Waals surface area contributed by atoms with E-state index < -0.39 is 17.3 Å². The van der Waals surface area contributed by atoms with Crippen LogP contribution in [0.25, 0.3) is 21.7 Å². The zero-order valence-corrected chi connectivity index (χ0v) is 10.9. The minimum Gasteiger partial charge on any atom is -0.413 e. The minimum atomic E-state index is -4.57. The van der Waals surface area contributed by atoms with Gasteiger partial charge in [-0.2, -0.15) is 13.2 Å². The number of pyridine rings is 1. The fourth-order valence-electron chi connectivity index (χ4n) is 2.50. The van der Waals surface area contributed by atoms with E-state index in [1.807, 2.05) is 0 Å². The molecule has 1 heterocycles. The van der Waals surface area contributed by atoms with Crippen molar-refractivity contribution in [3.05, 3.63) is 58.4 Å². The van der Waals surface area contributed by atoms with Crippen LogP contribution in [-0.2, 0) is 6.18 Å². The lowest BCUT2D eigenvalue weighted by Crippen LogP contribution is -2.27. The molecule has 0 aliphatic rings. The van der Waals surface area contributed by atoms with E-state index >= 15 is 0 Å². The van der Waals surface area contributed by atoms with Gasteiger partial charge in [0.05, 0.1) is 10.9 Å². The lowest BCUT2D eigenvalue weighted by molar-refractivity contribution is -0.136. The summed E-state index contributed by atoms with van der Waals surface area (Å²) in [5.41, 5.74) is -1.78. The molecule has 21 heavy (non-hydrogen) atoms. The summed E-state index contributed by atoms with van der Waals surface area (Å²) in [6, 6.07) is 10.3. The van der Waals surface area contributed by atoms with Gasteiger partial charge >= 0.3 is 6.18 Å². The molecule has 0 aliphatic carbocycles. The topological polar surface area (TPSA) is 31.2 Å². The maximum atomic E-state index is 13.2. The summed E-state index contributed by atoms with van der Waals surface area (Å²) < 4.78 is 40.3. The third-order valence-electron chi connectivity index (χ3n) is 3.36. The SMILES string of the molecule is COn1c(=O)c2ccccc2c2cccc(C(F)(F)F)c21. The molecule has 6 heteroatoms. The Labute approximate surface area is 117 Å². The number of rotatable bonds is 1. The van der Waals surface area contributed by atoms with Crippen LogP contribution >= 0.6 is 0 Å². The summed E-state index contributed by atoms with van der Waals surface area (Å²) in [4.78, 5) is 17.2. The van der Waals surface area contributed by atoms with Gasteiger partial charge in [-0.3, -0.25) is 4.79 Å². The van der Waals surface area contributed by atoms with E-state index in [1.165, 1.54) is 13.2 Å². The van der Waals surface area contributed by atoms with Crippen molar-refractivity contribution in [1.29, 1.82) is 0 Å². The average Bonchev–Trinajstić information content (AvgIpc) is 2.46. The molecule has 0 fully saturated rings. The van der Waals surface area contributed by atoms with Crippen LogP contribution in [0.15, 0.2) is 47.3 Å². The Morgan fingerprint density at radius 3 is 2.19 bits per heavy atom. The Kier molecular flexibility index (Phi) is 2.90. The van der Waals surface area contributed by atoms with Crippen LogP contribution in [0.4, 0.5) is 13.2 Å². The number of fused-ring (bicyclic) bond motifs is 3. The van der Waals surface area contributed by atoms with Gasteiger partial charge in [-0.15, -0.1) is 4.73 Å². The van der Waals surface area contributed by atoms with Crippen LogP contribution < -0.4 is 10.4 Å². The Balaban J connectivity index is 2.65. The normalized spacial score (nSPS) is 12.0. The lowest BCUT2D eigenvalue weighted by Gasteiger charge is -2.16. The highest BCUT2D eigenvalue weighted by atomic mass is 19.4. The van der Waals surface area contributed by atoms with Gasteiger partial charge < -0.3 is 4.84 Å². The van der Waals surface area contributed by atoms with Crippen LogP contribution in [0.1, 0.15) is 5.56 Å². The van der Waals surface area contributed by atoms with E-state index in [4.69, 9.17) is 4.84 Å². The van der Waals surface area contributed by atoms with Crippen molar-refractivity contribution in [2.75, 3.05) is 7.11 Å². The van der Waals surface area contributed by atoms with Crippen molar-refractivity contribution in [1.82, 2.24) is 4.73 Å². The molecule has 0 radical (unpaired) electrons. The molecule has 0 spiro atoms. The van der Waals surface area contributed by atoms with Gasteiger partial charge in [0.1, 0.15) is 12.6 Å². The number of alkyl halides is 3. The maximum Gasteiger partial charge on any atom is 0.418 e. The van der Waals surface area contributed by atoms with Gasteiger partial charge in [0.2, 0.25) is 0 Å². The standard InChI is InChI=1S/C15H10F3NO2/c1-21-19-13-10(7-4-8-12(13)15(16,17)18)9-5-2-3-6-11(9)14(19)20/h2-8H,1H3. The summed E-state index contributed by atoms with van der Waals surface area (Å²) in [5.74, 6) is 0. The molecular formula is C15H10F3NO2. The van der Waals surface area contributed by atoms with Crippen molar-refractivity contribution in [3.63, 3.8) is 0 Å². The first-order valence-corrected chi connectivity index (χ1v) is 6.13. The van der Waals surface area contributed by atoms with Crippen LogP contribution in [-0.4, -0.2) is 11.8 Å². The van der Waals surface area contributed by atoms with Crippen molar-refractivity contribution in [2.45, 2.75) is 6.18 Å². The summed E-state index contributed by atoms with van der Waals surface area (Å²) in [6.45, 7) is 0. The fraction of sp³-hybridized carbons (Fsp3) is 0.133. The average molecular weight is 293 g/mol. The van der Waals surface area contributed by atoms with Gasteiger partial charge in [-0.25, -0.2) is 0 Å². The highest BCUT2D eigenvalue weighted by molar-refractivity contribution is 6.06. The zero-order chi connectivity index (χ0) is 15.2. The molecule has 0 saturated carbocycles. The second kappa shape index (κ2) is 4.51. The van der Waals surface area contributed by atoms with Gasteiger partial charge in [-0.05, 0) is 17.5 Å². The molecule has 0 amide bonds. The Bertz CT molecular complexity index is 897. The Morgan fingerprint density at radius 2 is 1.57 bits per heavy atom. The monoisotopic (exact) mass is 293 g/mol. The largest absolute Gasteiger partial charge is 0.418 e. The molecule has 108 valence electrons. The first kappa shape index (κ1) is 13.5. The van der Waals surface area contributed by atoms with E-state index in [2.05, 4.69) is 0 Å². The predicted molar refractivity (Wildman–Crippen MR) is 73.2 cm³/mol. The number of para-hydroxylation sites is 1. The Morgan fingerprint density at radius 1 is 0.952 bits per heavy atom. The number of hydrogen-bond acceptors (Lipinski definition) is 2. The molecule has 1 aromatic heterocycles. The smallest absolute Gasteiger partial charge is 0.413 e. The number of nitrogens with zero attached hydrogens (tertiary/aromatic N) is 1. The number of hydrogen-bond donors (Lipinski definition) is 0. The van der Waals surface area contributed by atoms with Crippen molar-refractivity contribution in [3.8, 4) is 0 Å². The van der Waals surface area contributed by atoms with Crippen molar-refractivity contribution >= 4 is 21.7 Å². The summed E-state index contributed by atoms with van der Waals surface area (Å²) in [6.07, 6.45) is -4.57. The van der Waals surface area contributed by atoms with E-state index in [9.17, 15) is 18.0 Å². The first-order chi connectivity index (χ1) is 9.95. The van der Waals surface area contributed by atoms with E-state index in [0.717, 1.165) is 6.07 Å². The van der Waals surface area contributed by atoms with Crippen LogP contribution in [0, 0.1) is 0 Å². The van der Waals surface area contributed by atoms with Gasteiger partial charge in [0, 0.05) is 5.39 Å². The molecule has 0 atom stereocenters. The van der Waals surface area contributed by atoms with Gasteiger partial charge in [0.25, 0.3) is 5.56 Å². The summed E-state index contributed by atoms with van der Waals surface area (Å²) >= 11 is 0. The third kappa shape index (κ3) is 1.94. The maximum absolute atomic E-state index is 13.2. The van der Waals surface area contributed by atoms with E-state index in [-0.39, 0.29) is 5.52 Å². The van der Waals surface area contributed by atoms with Crippen LogP contribution in [0.2, 0.25) is 0 Å². The number of aromatic nitrogens is 1. The molecule has 0 N–H and O–H groups in total. The number of benzene rings is 2. The summed E-state index contributed by atoms with van der Waals surface area (Å²) in [5, 5.41) is 1.10. The molecule has 3 aromatic rings. The Hall–Kier alpha value is -2.50. The second-order valence-corrected chi connectivity index (χ2v) is 4.53. The molecule has 2 aromatic carbocycles. The van der Waals surface area contributed by atoms with Gasteiger partial charge in [-0.1, -0.05) is 30.3 Å². The van der Waals surface area contributed by atoms with Crippen LogP contribution in [0.5, 0.6) is 0 Å². The highest BCUT2D eigenvalue weighted by Crippen LogP contribution is 2.35. The van der Waals surface area contributed by atoms with E-state index in [1.54, 1.807) is 30.3 Å². The zero-order valence-electron chi connectivity index (χ0n) is 10.9. The summed E-state index contributed by atoms with van der Waals surface area (Å²) in [7, 11) is 1.17. The molecule has 0 saturated heterocycles. The fourth-order valence-corrected chi connectivity index (χ4v) is 2.50. The quantitative estimate of drug-likeness (QED) is 0.645. The predicted octanol–water partition coefficient (Wildman–Crippen LogP) is 3.23. The second-order valence-electron chi connectivity index (χ2n) is 4.53. The van der Waals surface area contributed by atoms with Crippen LogP contribution in [0.3, 0.4) is 0 Å². The first-order valence-electron chi connectivity index (χ1n) is 6.13. The molecule has 0 unspecified atom stereocenters. The number of halogens is 3. The molecule has 3 rings (SSSR count). The molecule has 3 nitrogen and oxygen atoms in total. The van der Waals surface area contributed by atoms with Crippen molar-refractivity contribution < 1.29 is 18.0 Å². The van der Waals surface area contributed by atoms with Gasteiger partial charge in [0.15, 0.2) is 0 Å². The minimum absolute atomic E-state index is 0.267. The molecule has 0 aliphatic heterocycles. The van der Waals surface area contributed by atoms with Crippen molar-refractivity contribution in [2.24, 2.45) is 0 Å². The highest BCUT2D eigenvalue weighted by Gasteiger charge is 2.34. The third-order valence-corrected chi connectivity index (χ3v) is 3.36. The molecular weight excluding hydrogens is 283 g/mol. The lowest BCUT2D eigenvalue weighted by atomic mass is 10.0. The molecule has 0 bridgehead atoms. The van der Waals surface area contributed by atoms with E-state index in [0.29, 0.717) is 20.9 Å².